The number of nitrogens with one attached hydrogen (secondary N) is 1. The molecule has 6 heteroatoms. The van der Waals surface area contributed by atoms with Crippen molar-refractivity contribution < 1.29 is 9.90 Å². The van der Waals surface area contributed by atoms with Crippen molar-refractivity contribution >= 4 is 23.3 Å². The van der Waals surface area contributed by atoms with E-state index in [2.05, 4.69) is 15.3 Å². The zero-order chi connectivity index (χ0) is 13.2. The summed E-state index contributed by atoms with van der Waals surface area (Å²) < 4.78 is 0. The van der Waals surface area contributed by atoms with Crippen molar-refractivity contribution in [2.24, 2.45) is 0 Å². The minimum atomic E-state index is -1.05. The van der Waals surface area contributed by atoms with Gasteiger partial charge < -0.3 is 15.3 Å². The predicted octanol–water partition coefficient (Wildman–Crippen LogP) is 1.74. The van der Waals surface area contributed by atoms with Gasteiger partial charge in [0.25, 0.3) is 0 Å². The highest BCUT2D eigenvalue weighted by Crippen LogP contribution is 2.32. The van der Waals surface area contributed by atoms with Crippen LogP contribution in [-0.2, 0) is 0 Å². The fourth-order valence-electron chi connectivity index (χ4n) is 2.09. The molecule has 0 aliphatic carbocycles. The number of hydrogen-bond donors (Lipinski definition) is 2. The first kappa shape index (κ1) is 11.5. The summed E-state index contributed by atoms with van der Waals surface area (Å²) in [4.78, 5) is 21.1. The lowest BCUT2D eigenvalue weighted by molar-refractivity contribution is 0.0690. The Hall–Kier alpha value is -2.63. The average molecular weight is 256 g/mol. The van der Waals surface area contributed by atoms with Crippen molar-refractivity contribution in [2.75, 3.05) is 23.3 Å². The summed E-state index contributed by atoms with van der Waals surface area (Å²) in [5.74, 6) is -0.638. The molecule has 0 fully saturated rings. The highest BCUT2D eigenvalue weighted by atomic mass is 16.4. The molecule has 0 spiro atoms. The molecule has 2 aromatic rings. The van der Waals surface area contributed by atoms with Gasteiger partial charge in [0.05, 0.1) is 11.4 Å². The minimum Gasteiger partial charge on any atom is -0.477 e. The van der Waals surface area contributed by atoms with Gasteiger partial charge in [-0.15, -0.1) is 0 Å². The molecule has 1 aromatic heterocycles. The molecule has 0 atom stereocenters. The molecule has 1 aliphatic rings. The van der Waals surface area contributed by atoms with Crippen LogP contribution in [0.2, 0.25) is 0 Å². The monoisotopic (exact) mass is 256 g/mol. The van der Waals surface area contributed by atoms with E-state index in [1.165, 1.54) is 12.3 Å². The smallest absolute Gasteiger partial charge is 0.354 e. The van der Waals surface area contributed by atoms with Crippen LogP contribution in [0, 0.1) is 0 Å². The first-order valence-corrected chi connectivity index (χ1v) is 5.92. The van der Waals surface area contributed by atoms with E-state index in [1.807, 2.05) is 29.2 Å². The molecular formula is C13H12N4O2. The van der Waals surface area contributed by atoms with E-state index in [4.69, 9.17) is 5.11 Å². The molecule has 0 unspecified atom stereocenters. The van der Waals surface area contributed by atoms with E-state index in [0.29, 0.717) is 12.5 Å². The zero-order valence-corrected chi connectivity index (χ0v) is 10.1. The number of rotatable bonds is 2. The van der Waals surface area contributed by atoms with Gasteiger partial charge in [-0.2, -0.15) is 0 Å². The summed E-state index contributed by atoms with van der Waals surface area (Å²) in [7, 11) is 0. The maximum Gasteiger partial charge on any atom is 0.354 e. The summed E-state index contributed by atoms with van der Waals surface area (Å²) in [6, 6.07) is 9.20. The van der Waals surface area contributed by atoms with Crippen molar-refractivity contribution in [1.82, 2.24) is 9.97 Å². The number of anilines is 3. The number of aromatic nitrogens is 2. The number of carbonyl (C=O) groups is 1. The van der Waals surface area contributed by atoms with Crippen molar-refractivity contribution in [3.8, 4) is 0 Å². The van der Waals surface area contributed by atoms with Crippen LogP contribution in [0.3, 0.4) is 0 Å². The summed E-state index contributed by atoms with van der Waals surface area (Å²) in [6.45, 7) is 1.46. The van der Waals surface area contributed by atoms with Gasteiger partial charge in [0.1, 0.15) is 0 Å². The van der Waals surface area contributed by atoms with Gasteiger partial charge in [0.2, 0.25) is 5.95 Å². The van der Waals surface area contributed by atoms with Gasteiger partial charge in [-0.25, -0.2) is 14.8 Å². The van der Waals surface area contributed by atoms with E-state index in [9.17, 15) is 4.79 Å². The fraction of sp³-hybridized carbons (Fsp3) is 0.154. The lowest BCUT2D eigenvalue weighted by atomic mass is 10.2. The molecule has 2 heterocycles. The van der Waals surface area contributed by atoms with Crippen LogP contribution in [0.5, 0.6) is 0 Å². The molecular weight excluding hydrogens is 244 g/mol. The summed E-state index contributed by atoms with van der Waals surface area (Å²) >= 11 is 0. The number of carboxylic acid groups (broad SMARTS) is 1. The van der Waals surface area contributed by atoms with E-state index in [1.54, 1.807) is 0 Å². The van der Waals surface area contributed by atoms with Gasteiger partial charge >= 0.3 is 5.97 Å². The summed E-state index contributed by atoms with van der Waals surface area (Å²) in [6.07, 6.45) is 1.47. The Labute approximate surface area is 109 Å². The number of benzene rings is 1. The summed E-state index contributed by atoms with van der Waals surface area (Å²) in [5, 5.41) is 12.3. The molecule has 2 N–H and O–H groups in total. The lowest BCUT2D eigenvalue weighted by Crippen LogP contribution is -2.31. The molecule has 0 bridgehead atoms. The first-order valence-electron chi connectivity index (χ1n) is 5.92. The normalized spacial score (nSPS) is 13.6. The van der Waals surface area contributed by atoms with Gasteiger partial charge in [0.15, 0.2) is 5.69 Å². The van der Waals surface area contributed by atoms with E-state index in [0.717, 1.165) is 17.9 Å². The predicted molar refractivity (Wildman–Crippen MR) is 70.9 cm³/mol. The van der Waals surface area contributed by atoms with Gasteiger partial charge in [0, 0.05) is 19.3 Å². The van der Waals surface area contributed by atoms with Crippen molar-refractivity contribution in [1.29, 1.82) is 0 Å². The second-order valence-electron chi connectivity index (χ2n) is 4.14. The van der Waals surface area contributed by atoms with Crippen LogP contribution in [0.15, 0.2) is 36.5 Å². The number of nitrogens with zero attached hydrogens (tertiary/aromatic N) is 3. The Balaban J connectivity index is 2.04. The zero-order valence-electron chi connectivity index (χ0n) is 10.1. The Kier molecular flexibility index (Phi) is 2.75. The number of fused-ring (bicyclic) bond motifs is 1. The van der Waals surface area contributed by atoms with Gasteiger partial charge in [-0.3, -0.25) is 0 Å². The van der Waals surface area contributed by atoms with E-state index >= 15 is 0 Å². The Morgan fingerprint density at radius 1 is 1.32 bits per heavy atom. The molecule has 19 heavy (non-hydrogen) atoms. The third-order valence-corrected chi connectivity index (χ3v) is 2.95. The number of para-hydroxylation sites is 2. The van der Waals surface area contributed by atoms with Gasteiger partial charge in [-0.05, 0) is 18.2 Å². The van der Waals surface area contributed by atoms with Crippen molar-refractivity contribution in [2.45, 2.75) is 0 Å². The molecule has 0 radical (unpaired) electrons. The quantitative estimate of drug-likeness (QED) is 0.852. The van der Waals surface area contributed by atoms with Crippen LogP contribution in [0.1, 0.15) is 10.5 Å². The molecule has 1 aromatic carbocycles. The second kappa shape index (κ2) is 4.56. The molecule has 3 rings (SSSR count). The Morgan fingerprint density at radius 3 is 3.00 bits per heavy atom. The first-order chi connectivity index (χ1) is 9.25. The maximum atomic E-state index is 11.0. The maximum absolute atomic E-state index is 11.0. The fourth-order valence-corrected chi connectivity index (χ4v) is 2.09. The highest BCUT2D eigenvalue weighted by Gasteiger charge is 2.20. The molecule has 0 saturated heterocycles. The number of carboxylic acids is 1. The third-order valence-electron chi connectivity index (χ3n) is 2.95. The topological polar surface area (TPSA) is 78.3 Å². The number of aromatic carboxylic acids is 1. The Morgan fingerprint density at radius 2 is 2.16 bits per heavy atom. The lowest BCUT2D eigenvalue weighted by Gasteiger charge is -2.30. The molecule has 6 nitrogen and oxygen atoms in total. The number of hydrogen-bond acceptors (Lipinski definition) is 5. The van der Waals surface area contributed by atoms with Crippen LogP contribution in [0.4, 0.5) is 17.3 Å². The highest BCUT2D eigenvalue weighted by molar-refractivity contribution is 5.86. The summed E-state index contributed by atoms with van der Waals surface area (Å²) in [5.41, 5.74) is 1.95. The molecule has 96 valence electrons. The second-order valence-corrected chi connectivity index (χ2v) is 4.14. The van der Waals surface area contributed by atoms with Gasteiger partial charge in [-0.1, -0.05) is 12.1 Å². The molecule has 0 saturated carbocycles. The van der Waals surface area contributed by atoms with E-state index in [-0.39, 0.29) is 5.69 Å². The largest absolute Gasteiger partial charge is 0.477 e. The molecule has 0 amide bonds. The van der Waals surface area contributed by atoms with Crippen LogP contribution >= 0.6 is 0 Å². The minimum absolute atomic E-state index is 0.000939. The third kappa shape index (κ3) is 2.08. The Bertz CT molecular complexity index is 630. The standard InChI is InChI=1S/C13H12N4O2/c18-12(19)10-5-6-15-13(16-10)17-8-7-14-9-3-1-2-4-11(9)17/h1-6,14H,7-8H2,(H,18,19). The van der Waals surface area contributed by atoms with Crippen LogP contribution in [0.25, 0.3) is 0 Å². The SMILES string of the molecule is O=C(O)c1ccnc(N2CCNc3ccccc32)n1. The average Bonchev–Trinajstić information content (AvgIpc) is 2.47. The van der Waals surface area contributed by atoms with Crippen molar-refractivity contribution in [3.63, 3.8) is 0 Å². The van der Waals surface area contributed by atoms with Crippen LogP contribution in [-0.4, -0.2) is 34.1 Å². The van der Waals surface area contributed by atoms with Crippen LogP contribution < -0.4 is 10.2 Å². The molecule has 1 aliphatic heterocycles. The van der Waals surface area contributed by atoms with E-state index < -0.39 is 5.97 Å². The van der Waals surface area contributed by atoms with Crippen molar-refractivity contribution in [3.05, 3.63) is 42.2 Å².